The third-order valence-corrected chi connectivity index (χ3v) is 2.97. The Hall–Kier alpha value is -2.14. The number of imidazole rings is 1. The number of aliphatic carboxylic acids is 1. The highest BCUT2D eigenvalue weighted by atomic mass is 16.4. The first-order chi connectivity index (χ1) is 8.49. The van der Waals surface area contributed by atoms with E-state index in [1.165, 1.54) is 11.1 Å². The summed E-state index contributed by atoms with van der Waals surface area (Å²) >= 11 is 0. The Morgan fingerprint density at radius 1 is 1.39 bits per heavy atom. The van der Waals surface area contributed by atoms with Gasteiger partial charge in [-0.2, -0.15) is 0 Å². The van der Waals surface area contributed by atoms with Gasteiger partial charge in [0.15, 0.2) is 6.04 Å². The van der Waals surface area contributed by atoms with Crippen molar-refractivity contribution < 1.29 is 9.90 Å². The van der Waals surface area contributed by atoms with E-state index in [4.69, 9.17) is 10.8 Å². The van der Waals surface area contributed by atoms with Crippen LogP contribution in [0.1, 0.15) is 23.0 Å². The third-order valence-electron chi connectivity index (χ3n) is 2.97. The zero-order valence-corrected chi connectivity index (χ0v) is 10.3. The van der Waals surface area contributed by atoms with Crippen molar-refractivity contribution >= 4 is 5.97 Å². The average Bonchev–Trinajstić information content (AvgIpc) is 2.81. The first kappa shape index (κ1) is 12.3. The predicted molar refractivity (Wildman–Crippen MR) is 68.1 cm³/mol. The van der Waals surface area contributed by atoms with Crippen LogP contribution in [0, 0.1) is 13.8 Å². The summed E-state index contributed by atoms with van der Waals surface area (Å²) in [6, 6.07) is 4.89. The number of aromatic amines is 1. The normalized spacial score (nSPS) is 12.4. The fraction of sp³-hybridized carbons (Fsp3) is 0.231. The summed E-state index contributed by atoms with van der Waals surface area (Å²) in [5.74, 6) is -0.841. The standard InChI is InChI=1S/C13H15N3O2/c1-7-3-4-9(5-8(7)2)10-6-15-12(16-10)11(14)13(17)18/h3-6,11H,14H2,1-2H3,(H,15,16)(H,17,18). The van der Waals surface area contributed by atoms with E-state index in [2.05, 4.69) is 9.97 Å². The molecule has 2 rings (SSSR count). The fourth-order valence-corrected chi connectivity index (χ4v) is 1.67. The zero-order chi connectivity index (χ0) is 13.3. The second-order valence-electron chi connectivity index (χ2n) is 4.30. The number of nitrogens with zero attached hydrogens (tertiary/aromatic N) is 1. The van der Waals surface area contributed by atoms with Crippen LogP contribution in [0.5, 0.6) is 0 Å². The molecule has 0 amide bonds. The summed E-state index contributed by atoms with van der Waals surface area (Å²) in [4.78, 5) is 17.7. The number of carboxylic acid groups (broad SMARTS) is 1. The molecule has 0 aliphatic carbocycles. The maximum absolute atomic E-state index is 10.8. The number of hydrogen-bond donors (Lipinski definition) is 3. The van der Waals surface area contributed by atoms with Crippen LogP contribution in [-0.4, -0.2) is 21.0 Å². The van der Waals surface area contributed by atoms with E-state index < -0.39 is 12.0 Å². The summed E-state index contributed by atoms with van der Waals surface area (Å²) < 4.78 is 0. The molecule has 0 aliphatic heterocycles. The van der Waals surface area contributed by atoms with Gasteiger partial charge < -0.3 is 15.8 Å². The van der Waals surface area contributed by atoms with Gasteiger partial charge >= 0.3 is 5.97 Å². The van der Waals surface area contributed by atoms with Gasteiger partial charge in [0, 0.05) is 0 Å². The molecular formula is C13H15N3O2. The number of aryl methyl sites for hydroxylation is 2. The number of nitrogens with one attached hydrogen (secondary N) is 1. The lowest BCUT2D eigenvalue weighted by Gasteiger charge is -2.04. The first-order valence-corrected chi connectivity index (χ1v) is 5.60. The lowest BCUT2D eigenvalue weighted by atomic mass is 10.1. The zero-order valence-electron chi connectivity index (χ0n) is 10.3. The molecule has 1 unspecified atom stereocenters. The van der Waals surface area contributed by atoms with E-state index in [1.54, 1.807) is 6.20 Å². The van der Waals surface area contributed by atoms with Gasteiger partial charge in [-0.25, -0.2) is 4.98 Å². The van der Waals surface area contributed by atoms with E-state index in [-0.39, 0.29) is 5.82 Å². The predicted octanol–water partition coefficient (Wildman–Crippen LogP) is 1.78. The molecule has 0 radical (unpaired) electrons. The highest BCUT2D eigenvalue weighted by Crippen LogP contribution is 2.21. The van der Waals surface area contributed by atoms with Gasteiger partial charge in [0.25, 0.3) is 0 Å². The summed E-state index contributed by atoms with van der Waals surface area (Å²) in [7, 11) is 0. The monoisotopic (exact) mass is 245 g/mol. The van der Waals surface area contributed by atoms with Crippen LogP contribution in [0.15, 0.2) is 24.4 Å². The summed E-state index contributed by atoms with van der Waals surface area (Å²) in [6.07, 6.45) is 1.60. The molecule has 18 heavy (non-hydrogen) atoms. The van der Waals surface area contributed by atoms with Gasteiger partial charge in [0.2, 0.25) is 0 Å². The fourth-order valence-electron chi connectivity index (χ4n) is 1.67. The van der Waals surface area contributed by atoms with E-state index in [0.29, 0.717) is 0 Å². The Kier molecular flexibility index (Phi) is 3.16. The smallest absolute Gasteiger partial charge is 0.328 e. The number of nitrogens with two attached hydrogens (primary N) is 1. The molecule has 0 fully saturated rings. The van der Waals surface area contributed by atoms with Crippen molar-refractivity contribution in [2.24, 2.45) is 5.73 Å². The molecule has 0 saturated heterocycles. The quantitative estimate of drug-likeness (QED) is 0.768. The minimum absolute atomic E-state index is 0.260. The first-order valence-electron chi connectivity index (χ1n) is 5.60. The molecule has 1 aromatic heterocycles. The number of rotatable bonds is 3. The van der Waals surface area contributed by atoms with Crippen molar-refractivity contribution in [1.82, 2.24) is 9.97 Å². The van der Waals surface area contributed by atoms with Crippen LogP contribution in [0.2, 0.25) is 0 Å². The summed E-state index contributed by atoms with van der Waals surface area (Å²) in [5.41, 5.74) is 9.61. The maximum Gasteiger partial charge on any atom is 0.328 e. The van der Waals surface area contributed by atoms with Crippen LogP contribution in [0.4, 0.5) is 0 Å². The molecule has 1 aromatic carbocycles. The van der Waals surface area contributed by atoms with Crippen LogP contribution in [-0.2, 0) is 4.79 Å². The van der Waals surface area contributed by atoms with E-state index in [9.17, 15) is 4.79 Å². The number of H-pyrrole nitrogens is 1. The molecule has 5 heteroatoms. The van der Waals surface area contributed by atoms with E-state index >= 15 is 0 Å². The Labute approximate surface area is 105 Å². The number of carbonyl (C=O) groups is 1. The minimum atomic E-state index is -1.12. The second-order valence-corrected chi connectivity index (χ2v) is 4.30. The van der Waals surface area contributed by atoms with Crippen molar-refractivity contribution in [3.63, 3.8) is 0 Å². The van der Waals surface area contributed by atoms with Crippen molar-refractivity contribution in [3.8, 4) is 11.3 Å². The van der Waals surface area contributed by atoms with Crippen molar-refractivity contribution in [3.05, 3.63) is 41.3 Å². The molecule has 0 aliphatic rings. The number of benzene rings is 1. The molecule has 1 atom stereocenters. The summed E-state index contributed by atoms with van der Waals surface area (Å²) in [5, 5.41) is 8.81. The van der Waals surface area contributed by atoms with Gasteiger partial charge in [0.1, 0.15) is 5.82 Å². The van der Waals surface area contributed by atoms with E-state index in [1.807, 2.05) is 32.0 Å². The minimum Gasteiger partial charge on any atom is -0.480 e. The second kappa shape index (κ2) is 4.62. The van der Waals surface area contributed by atoms with Gasteiger partial charge in [-0.3, -0.25) is 4.79 Å². The average molecular weight is 245 g/mol. The van der Waals surface area contributed by atoms with Crippen LogP contribution < -0.4 is 5.73 Å². The van der Waals surface area contributed by atoms with Crippen LogP contribution in [0.25, 0.3) is 11.3 Å². The molecule has 4 N–H and O–H groups in total. The Balaban J connectivity index is 2.35. The Bertz CT molecular complexity index is 590. The molecule has 2 aromatic rings. The van der Waals surface area contributed by atoms with Gasteiger partial charge in [-0.05, 0) is 36.6 Å². The lowest BCUT2D eigenvalue weighted by Crippen LogP contribution is -2.21. The van der Waals surface area contributed by atoms with Crippen LogP contribution >= 0.6 is 0 Å². The van der Waals surface area contributed by atoms with Gasteiger partial charge in [-0.15, -0.1) is 0 Å². The van der Waals surface area contributed by atoms with E-state index in [0.717, 1.165) is 11.3 Å². The number of carboxylic acids is 1. The van der Waals surface area contributed by atoms with Gasteiger partial charge in [-0.1, -0.05) is 12.1 Å². The SMILES string of the molecule is Cc1ccc(-c2cnc(C(N)C(=O)O)[nH]2)cc1C. The third kappa shape index (κ3) is 2.26. The largest absolute Gasteiger partial charge is 0.480 e. The molecule has 1 heterocycles. The topological polar surface area (TPSA) is 92.0 Å². The lowest BCUT2D eigenvalue weighted by molar-refractivity contribution is -0.138. The highest BCUT2D eigenvalue weighted by molar-refractivity contribution is 5.74. The Morgan fingerprint density at radius 3 is 2.72 bits per heavy atom. The Morgan fingerprint density at radius 2 is 2.11 bits per heavy atom. The molecule has 0 spiro atoms. The molecular weight excluding hydrogens is 230 g/mol. The maximum atomic E-state index is 10.8. The number of hydrogen-bond acceptors (Lipinski definition) is 3. The van der Waals surface area contributed by atoms with Crippen LogP contribution in [0.3, 0.4) is 0 Å². The molecule has 94 valence electrons. The van der Waals surface area contributed by atoms with Crippen molar-refractivity contribution in [1.29, 1.82) is 0 Å². The van der Waals surface area contributed by atoms with Crippen molar-refractivity contribution in [2.75, 3.05) is 0 Å². The molecule has 0 bridgehead atoms. The summed E-state index contributed by atoms with van der Waals surface area (Å²) in [6.45, 7) is 4.07. The van der Waals surface area contributed by atoms with Crippen molar-refractivity contribution in [2.45, 2.75) is 19.9 Å². The highest BCUT2D eigenvalue weighted by Gasteiger charge is 2.17. The van der Waals surface area contributed by atoms with Gasteiger partial charge in [0.05, 0.1) is 11.9 Å². The molecule has 5 nitrogen and oxygen atoms in total. The molecule has 0 saturated carbocycles. The number of aromatic nitrogens is 2.